The molecule has 7 nitrogen and oxygen atoms in total. The number of hydrogen-bond donors (Lipinski definition) is 1. The third-order valence-corrected chi connectivity index (χ3v) is 8.01. The predicted octanol–water partition coefficient (Wildman–Crippen LogP) is 4.08. The summed E-state index contributed by atoms with van der Waals surface area (Å²) in [4.78, 5) is 12.7. The van der Waals surface area contributed by atoms with E-state index in [1.165, 1.54) is 11.4 Å². The minimum Gasteiger partial charge on any atom is -0.497 e. The summed E-state index contributed by atoms with van der Waals surface area (Å²) in [7, 11) is 1.01. The fourth-order valence-corrected chi connectivity index (χ4v) is 5.40. The highest BCUT2D eigenvalue weighted by Gasteiger charge is 2.22. The van der Waals surface area contributed by atoms with Crippen LogP contribution in [0.2, 0.25) is 0 Å². The number of hydrogen-bond acceptors (Lipinski definition) is 6. The predicted molar refractivity (Wildman–Crippen MR) is 122 cm³/mol. The molecule has 31 heavy (non-hydrogen) atoms. The van der Waals surface area contributed by atoms with E-state index < -0.39 is 10.0 Å². The van der Waals surface area contributed by atoms with Crippen LogP contribution in [0.15, 0.2) is 64.2 Å². The highest BCUT2D eigenvalue weighted by Crippen LogP contribution is 2.30. The molecule has 3 aromatic rings. The van der Waals surface area contributed by atoms with Gasteiger partial charge in [0.2, 0.25) is 0 Å². The Morgan fingerprint density at radius 2 is 1.77 bits per heavy atom. The maximum Gasteiger partial charge on any atom is 0.273 e. The van der Waals surface area contributed by atoms with Crippen molar-refractivity contribution in [3.05, 3.63) is 71.1 Å². The van der Waals surface area contributed by atoms with Crippen LogP contribution in [-0.4, -0.2) is 35.6 Å². The normalized spacial score (nSPS) is 12.1. The van der Waals surface area contributed by atoms with Crippen molar-refractivity contribution >= 4 is 33.0 Å². The Morgan fingerprint density at radius 3 is 2.35 bits per heavy atom. The molecule has 0 saturated heterocycles. The number of nitrogens with zero attached hydrogens (tertiary/aromatic N) is 1. The molecule has 0 radical (unpaired) electrons. The van der Waals surface area contributed by atoms with Gasteiger partial charge in [0.05, 0.1) is 25.9 Å². The zero-order valence-corrected chi connectivity index (χ0v) is 19.3. The summed E-state index contributed by atoms with van der Waals surface area (Å²) in [6.07, 6.45) is 0. The lowest BCUT2D eigenvalue weighted by molar-refractivity contribution is 0.0939. The van der Waals surface area contributed by atoms with Crippen LogP contribution in [0.1, 0.15) is 28.9 Å². The topological polar surface area (TPSA) is 84.9 Å². The van der Waals surface area contributed by atoms with Crippen LogP contribution in [0.5, 0.6) is 11.5 Å². The molecule has 1 aromatic heterocycles. The Morgan fingerprint density at radius 1 is 1.06 bits per heavy atom. The zero-order chi connectivity index (χ0) is 22.6. The van der Waals surface area contributed by atoms with Gasteiger partial charge in [-0.3, -0.25) is 9.10 Å². The molecule has 3 rings (SSSR count). The first-order valence-corrected chi connectivity index (χ1v) is 11.7. The summed E-state index contributed by atoms with van der Waals surface area (Å²) in [5.74, 6) is 1.02. The number of methoxy groups -OCH3 is 2. The molecule has 0 spiro atoms. The number of carbonyl (C=O) groups excluding carboxylic acids is 1. The maximum atomic E-state index is 12.7. The van der Waals surface area contributed by atoms with Gasteiger partial charge in [0, 0.05) is 18.2 Å². The maximum absolute atomic E-state index is 12.7. The molecule has 1 amide bonds. The van der Waals surface area contributed by atoms with E-state index in [2.05, 4.69) is 5.32 Å². The highest BCUT2D eigenvalue weighted by atomic mass is 32.2. The lowest BCUT2D eigenvalue weighted by Gasteiger charge is -2.20. The molecule has 9 heteroatoms. The van der Waals surface area contributed by atoms with Crippen LogP contribution in [0.25, 0.3) is 0 Å². The Bertz CT molecular complexity index is 1140. The fraction of sp³-hybridized carbons (Fsp3) is 0.227. The average molecular weight is 461 g/mol. The standard InChI is InChI=1S/C22H24N2O5S2/c1-15(19-14-18(28-3)11-12-20(19)29-4)23-22(25)16-7-9-17(10-8-16)24(2)31(26,27)21-6-5-13-30-21/h5-15H,1-4H3,(H,23,25)/t15-/m0/s1. The summed E-state index contributed by atoms with van der Waals surface area (Å²) in [6, 6.07) is 14.7. The van der Waals surface area contributed by atoms with Crippen molar-refractivity contribution in [2.75, 3.05) is 25.6 Å². The molecule has 0 aliphatic carbocycles. The van der Waals surface area contributed by atoms with Crippen molar-refractivity contribution in [1.29, 1.82) is 0 Å². The second-order valence-corrected chi connectivity index (χ2v) is 9.90. The van der Waals surface area contributed by atoms with Crippen molar-refractivity contribution in [1.82, 2.24) is 5.32 Å². The highest BCUT2D eigenvalue weighted by molar-refractivity contribution is 7.94. The molecular formula is C22H24N2O5S2. The van der Waals surface area contributed by atoms with Gasteiger partial charge in [0.25, 0.3) is 15.9 Å². The van der Waals surface area contributed by atoms with Gasteiger partial charge in [-0.1, -0.05) is 6.07 Å². The summed E-state index contributed by atoms with van der Waals surface area (Å²) in [5.41, 5.74) is 1.67. The lowest BCUT2D eigenvalue weighted by Crippen LogP contribution is -2.28. The van der Waals surface area contributed by atoms with Gasteiger partial charge in [-0.05, 0) is 60.8 Å². The first-order valence-electron chi connectivity index (χ1n) is 9.43. The van der Waals surface area contributed by atoms with E-state index in [-0.39, 0.29) is 16.2 Å². The zero-order valence-electron chi connectivity index (χ0n) is 17.7. The quantitative estimate of drug-likeness (QED) is 0.548. The second-order valence-electron chi connectivity index (χ2n) is 6.75. The molecule has 0 aliphatic rings. The van der Waals surface area contributed by atoms with E-state index in [9.17, 15) is 13.2 Å². The van der Waals surface area contributed by atoms with Gasteiger partial charge in [-0.15, -0.1) is 11.3 Å². The number of nitrogens with one attached hydrogen (secondary N) is 1. The van der Waals surface area contributed by atoms with E-state index in [0.29, 0.717) is 22.7 Å². The van der Waals surface area contributed by atoms with Crippen molar-refractivity contribution in [2.24, 2.45) is 0 Å². The number of amides is 1. The Kier molecular flexibility index (Phi) is 6.87. The number of ether oxygens (including phenoxy) is 2. The van der Waals surface area contributed by atoms with Crippen LogP contribution in [0.3, 0.4) is 0 Å². The molecule has 0 saturated carbocycles. The third-order valence-electron chi connectivity index (χ3n) is 4.85. The van der Waals surface area contributed by atoms with Crippen LogP contribution in [0, 0.1) is 0 Å². The minimum atomic E-state index is -3.63. The molecule has 0 aliphatic heterocycles. The van der Waals surface area contributed by atoms with Gasteiger partial charge in [-0.2, -0.15) is 0 Å². The van der Waals surface area contributed by atoms with Crippen LogP contribution in [0.4, 0.5) is 5.69 Å². The molecule has 164 valence electrons. The Hall–Kier alpha value is -3.04. The van der Waals surface area contributed by atoms with Crippen LogP contribution < -0.4 is 19.1 Å². The summed E-state index contributed by atoms with van der Waals surface area (Å²) in [5, 5.41) is 4.65. The molecule has 1 N–H and O–H groups in total. The minimum absolute atomic E-state index is 0.262. The molecule has 2 aromatic carbocycles. The number of rotatable bonds is 8. The van der Waals surface area contributed by atoms with Gasteiger partial charge in [-0.25, -0.2) is 8.42 Å². The fourth-order valence-electron chi connectivity index (χ4n) is 3.04. The first kappa shape index (κ1) is 22.6. The monoisotopic (exact) mass is 460 g/mol. The summed E-state index contributed by atoms with van der Waals surface area (Å²) >= 11 is 1.16. The Balaban J connectivity index is 1.75. The molecule has 1 heterocycles. The van der Waals surface area contributed by atoms with Crippen LogP contribution in [-0.2, 0) is 10.0 Å². The number of benzene rings is 2. The third kappa shape index (κ3) is 4.83. The number of sulfonamides is 1. The Labute approximate surface area is 186 Å². The number of anilines is 1. The SMILES string of the molecule is COc1ccc(OC)c([C@H](C)NC(=O)c2ccc(N(C)S(=O)(=O)c3cccs3)cc2)c1. The van der Waals surface area contributed by atoms with Gasteiger partial charge in [0.15, 0.2) is 0 Å². The molecule has 0 fully saturated rings. The molecular weight excluding hydrogens is 436 g/mol. The largest absolute Gasteiger partial charge is 0.497 e. The molecule has 1 atom stereocenters. The average Bonchev–Trinajstić information content (AvgIpc) is 3.34. The van der Waals surface area contributed by atoms with E-state index in [1.807, 2.05) is 13.0 Å². The number of carbonyl (C=O) groups is 1. The van der Waals surface area contributed by atoms with E-state index in [4.69, 9.17) is 9.47 Å². The van der Waals surface area contributed by atoms with E-state index in [1.54, 1.807) is 68.1 Å². The van der Waals surface area contributed by atoms with Crippen LogP contribution >= 0.6 is 11.3 Å². The van der Waals surface area contributed by atoms with Crippen molar-refractivity contribution in [3.8, 4) is 11.5 Å². The summed E-state index contributed by atoms with van der Waals surface area (Å²) < 4.78 is 37.4. The van der Waals surface area contributed by atoms with E-state index >= 15 is 0 Å². The van der Waals surface area contributed by atoms with Gasteiger partial charge < -0.3 is 14.8 Å². The lowest BCUT2D eigenvalue weighted by atomic mass is 10.1. The second kappa shape index (κ2) is 9.40. The molecule has 0 bridgehead atoms. The number of thiophene rings is 1. The smallest absolute Gasteiger partial charge is 0.273 e. The van der Waals surface area contributed by atoms with Crippen molar-refractivity contribution in [2.45, 2.75) is 17.2 Å². The van der Waals surface area contributed by atoms with Crippen molar-refractivity contribution < 1.29 is 22.7 Å². The summed E-state index contributed by atoms with van der Waals surface area (Å²) in [6.45, 7) is 1.85. The first-order chi connectivity index (χ1) is 14.8. The van der Waals surface area contributed by atoms with Gasteiger partial charge in [0.1, 0.15) is 15.7 Å². The van der Waals surface area contributed by atoms with Gasteiger partial charge >= 0.3 is 0 Å². The molecule has 0 unspecified atom stereocenters. The van der Waals surface area contributed by atoms with E-state index in [0.717, 1.165) is 16.9 Å². The van der Waals surface area contributed by atoms with Crippen molar-refractivity contribution in [3.63, 3.8) is 0 Å².